The molecule has 0 spiro atoms. The predicted octanol–water partition coefficient (Wildman–Crippen LogP) is 3.14. The highest BCUT2D eigenvalue weighted by Gasteiger charge is 2.30. The number of rotatable bonds is 5. The first-order valence-electron chi connectivity index (χ1n) is 7.13. The van der Waals surface area contributed by atoms with E-state index in [2.05, 4.69) is 41.4 Å². The maximum atomic E-state index is 11.8. The Balaban J connectivity index is 1.80. The minimum absolute atomic E-state index is 0.108. The van der Waals surface area contributed by atoms with Crippen molar-refractivity contribution in [2.75, 3.05) is 19.4 Å². The van der Waals surface area contributed by atoms with Gasteiger partial charge in [-0.25, -0.2) is 4.98 Å². The van der Waals surface area contributed by atoms with Crippen molar-refractivity contribution in [1.82, 2.24) is 9.88 Å². The molecule has 1 heterocycles. The molecule has 1 amide bonds. The monoisotopic (exact) mass is 301 g/mol. The van der Waals surface area contributed by atoms with Gasteiger partial charge < -0.3 is 5.32 Å². The molecule has 1 aromatic carbocycles. The second kappa shape index (κ2) is 5.95. The summed E-state index contributed by atoms with van der Waals surface area (Å²) in [6, 6.07) is 10.5. The normalized spacial score (nSPS) is 16.0. The Bertz CT molecular complexity index is 619. The van der Waals surface area contributed by atoms with Gasteiger partial charge >= 0.3 is 0 Å². The van der Waals surface area contributed by atoms with E-state index in [-0.39, 0.29) is 17.9 Å². The smallest absolute Gasteiger partial charge is 0.229 e. The molecule has 1 N–H and O–H groups in total. The van der Waals surface area contributed by atoms with Gasteiger partial charge in [-0.3, -0.25) is 9.69 Å². The fourth-order valence-corrected chi connectivity index (χ4v) is 3.42. The summed E-state index contributed by atoms with van der Waals surface area (Å²) in [6.07, 6.45) is 3.88. The molecular formula is C16H19N3OS. The zero-order valence-corrected chi connectivity index (χ0v) is 13.1. The van der Waals surface area contributed by atoms with Gasteiger partial charge in [-0.15, -0.1) is 0 Å². The Morgan fingerprint density at radius 2 is 2.05 bits per heavy atom. The number of aromatic nitrogens is 1. The van der Waals surface area contributed by atoms with E-state index in [0.717, 1.165) is 17.7 Å². The van der Waals surface area contributed by atoms with Crippen molar-refractivity contribution >= 4 is 22.4 Å². The molecule has 3 rings (SSSR count). The van der Waals surface area contributed by atoms with Crippen LogP contribution in [-0.4, -0.2) is 29.9 Å². The molecule has 5 heteroatoms. The largest absolute Gasteiger partial charge is 0.302 e. The van der Waals surface area contributed by atoms with Gasteiger partial charge in [-0.05, 0) is 32.5 Å². The van der Waals surface area contributed by atoms with Gasteiger partial charge in [0.2, 0.25) is 5.91 Å². The van der Waals surface area contributed by atoms with Crippen molar-refractivity contribution in [2.24, 2.45) is 5.92 Å². The quantitative estimate of drug-likeness (QED) is 0.923. The summed E-state index contributed by atoms with van der Waals surface area (Å²) in [6.45, 7) is 0. The van der Waals surface area contributed by atoms with Crippen molar-refractivity contribution in [1.29, 1.82) is 0 Å². The lowest BCUT2D eigenvalue weighted by Crippen LogP contribution is -2.20. The van der Waals surface area contributed by atoms with E-state index in [1.807, 2.05) is 24.4 Å². The molecule has 4 nitrogen and oxygen atoms in total. The van der Waals surface area contributed by atoms with Gasteiger partial charge in [0.1, 0.15) is 0 Å². The minimum Gasteiger partial charge on any atom is -0.302 e. The second-order valence-corrected chi connectivity index (χ2v) is 6.67. The molecule has 21 heavy (non-hydrogen) atoms. The van der Waals surface area contributed by atoms with Gasteiger partial charge in [-0.2, -0.15) is 0 Å². The number of hydrogen-bond donors (Lipinski definition) is 1. The van der Waals surface area contributed by atoms with Gasteiger partial charge in [0.25, 0.3) is 0 Å². The van der Waals surface area contributed by atoms with Crippen molar-refractivity contribution in [3.8, 4) is 0 Å². The lowest BCUT2D eigenvalue weighted by atomic mass is 10.1. The maximum absolute atomic E-state index is 11.8. The summed E-state index contributed by atoms with van der Waals surface area (Å²) in [5.74, 6) is 0.313. The van der Waals surface area contributed by atoms with Crippen LogP contribution in [0.5, 0.6) is 0 Å². The van der Waals surface area contributed by atoms with Crippen molar-refractivity contribution in [2.45, 2.75) is 18.9 Å². The molecule has 0 aliphatic heterocycles. The van der Waals surface area contributed by atoms with Gasteiger partial charge in [0.05, 0.1) is 6.04 Å². The van der Waals surface area contributed by atoms with Crippen LogP contribution in [0.3, 0.4) is 0 Å². The topological polar surface area (TPSA) is 45.2 Å². The Kier molecular flexibility index (Phi) is 4.03. The van der Waals surface area contributed by atoms with Crippen LogP contribution in [0, 0.1) is 5.92 Å². The molecule has 0 saturated heterocycles. The maximum Gasteiger partial charge on any atom is 0.229 e. The second-order valence-electron chi connectivity index (χ2n) is 5.61. The van der Waals surface area contributed by atoms with Crippen LogP contribution in [0.2, 0.25) is 0 Å². The van der Waals surface area contributed by atoms with E-state index in [4.69, 9.17) is 0 Å². The van der Waals surface area contributed by atoms with Gasteiger partial charge in [-0.1, -0.05) is 41.7 Å². The first kappa shape index (κ1) is 14.2. The third kappa shape index (κ3) is 3.31. The molecule has 1 fully saturated rings. The molecule has 1 atom stereocenters. The Morgan fingerprint density at radius 3 is 2.67 bits per heavy atom. The number of carbonyl (C=O) groups is 1. The highest BCUT2D eigenvalue weighted by molar-refractivity contribution is 7.15. The van der Waals surface area contributed by atoms with Gasteiger partial charge in [0.15, 0.2) is 5.13 Å². The van der Waals surface area contributed by atoms with E-state index in [9.17, 15) is 4.79 Å². The van der Waals surface area contributed by atoms with E-state index in [1.54, 1.807) is 11.3 Å². The standard InChI is InChI=1S/C16H19N3OS/c1-19(2)14(11-6-4-3-5-7-11)13-10-17-16(21-13)18-15(20)12-8-9-12/h3-7,10,12,14H,8-9H2,1-2H3,(H,17,18,20). The Labute approximate surface area is 128 Å². The molecule has 1 aromatic heterocycles. The van der Waals surface area contributed by atoms with Crippen molar-refractivity contribution < 1.29 is 4.79 Å². The first-order valence-corrected chi connectivity index (χ1v) is 7.95. The Morgan fingerprint density at radius 1 is 1.33 bits per heavy atom. The summed E-state index contributed by atoms with van der Waals surface area (Å²) in [5.41, 5.74) is 1.23. The van der Waals surface area contributed by atoms with Gasteiger partial charge in [0, 0.05) is 17.0 Å². The molecule has 1 unspecified atom stereocenters. The highest BCUT2D eigenvalue weighted by Crippen LogP contribution is 2.34. The zero-order valence-electron chi connectivity index (χ0n) is 12.2. The van der Waals surface area contributed by atoms with Crippen LogP contribution < -0.4 is 5.32 Å². The predicted molar refractivity (Wildman–Crippen MR) is 85.4 cm³/mol. The van der Waals surface area contributed by atoms with E-state index in [0.29, 0.717) is 5.13 Å². The average molecular weight is 301 g/mol. The number of nitrogens with zero attached hydrogens (tertiary/aromatic N) is 2. The number of amides is 1. The van der Waals surface area contributed by atoms with Crippen LogP contribution in [0.25, 0.3) is 0 Å². The lowest BCUT2D eigenvalue weighted by Gasteiger charge is -2.23. The summed E-state index contributed by atoms with van der Waals surface area (Å²) >= 11 is 1.55. The molecule has 2 aromatic rings. The number of benzene rings is 1. The molecular weight excluding hydrogens is 282 g/mol. The molecule has 1 aliphatic rings. The third-order valence-corrected chi connectivity index (χ3v) is 4.57. The van der Waals surface area contributed by atoms with Crippen molar-refractivity contribution in [3.63, 3.8) is 0 Å². The minimum atomic E-state index is 0.108. The summed E-state index contributed by atoms with van der Waals surface area (Å²) in [5, 5.41) is 3.62. The zero-order chi connectivity index (χ0) is 14.8. The summed E-state index contributed by atoms with van der Waals surface area (Å²) in [7, 11) is 4.11. The number of hydrogen-bond acceptors (Lipinski definition) is 4. The number of anilines is 1. The number of carbonyl (C=O) groups excluding carboxylic acids is 1. The molecule has 0 bridgehead atoms. The molecule has 1 aliphatic carbocycles. The average Bonchev–Trinajstić information content (AvgIpc) is 3.23. The van der Waals surface area contributed by atoms with Crippen LogP contribution in [0.15, 0.2) is 36.5 Å². The third-order valence-electron chi connectivity index (χ3n) is 3.60. The molecule has 0 radical (unpaired) electrons. The summed E-state index contributed by atoms with van der Waals surface area (Å²) < 4.78 is 0. The fourth-order valence-electron chi connectivity index (χ4n) is 2.38. The van der Waals surface area contributed by atoms with E-state index < -0.39 is 0 Å². The van der Waals surface area contributed by atoms with Crippen LogP contribution in [0.1, 0.15) is 29.3 Å². The van der Waals surface area contributed by atoms with Crippen LogP contribution >= 0.6 is 11.3 Å². The number of nitrogens with one attached hydrogen (secondary N) is 1. The van der Waals surface area contributed by atoms with Crippen LogP contribution in [0.4, 0.5) is 5.13 Å². The SMILES string of the molecule is CN(C)C(c1ccccc1)c1cnc(NC(=O)C2CC2)s1. The highest BCUT2D eigenvalue weighted by atomic mass is 32.1. The van der Waals surface area contributed by atoms with Crippen LogP contribution in [-0.2, 0) is 4.79 Å². The van der Waals surface area contributed by atoms with Crippen molar-refractivity contribution in [3.05, 3.63) is 47.0 Å². The first-order chi connectivity index (χ1) is 10.1. The molecule has 110 valence electrons. The van der Waals surface area contributed by atoms with E-state index in [1.165, 1.54) is 5.56 Å². The molecule has 1 saturated carbocycles. The Hall–Kier alpha value is -1.72. The lowest BCUT2D eigenvalue weighted by molar-refractivity contribution is -0.117. The fraction of sp³-hybridized carbons (Fsp3) is 0.375. The number of thiazole rings is 1. The summed E-state index contributed by atoms with van der Waals surface area (Å²) in [4.78, 5) is 19.5. The van der Waals surface area contributed by atoms with E-state index >= 15 is 0 Å².